The Balaban J connectivity index is 1.89. The van der Waals surface area contributed by atoms with Crippen LogP contribution in [0.1, 0.15) is 43.4 Å². The molecule has 0 fully saturated rings. The second-order valence-corrected chi connectivity index (χ2v) is 7.81. The number of methoxy groups -OCH3 is 1. The van der Waals surface area contributed by atoms with Crippen molar-refractivity contribution in [2.45, 2.75) is 32.2 Å². The van der Waals surface area contributed by atoms with Crippen molar-refractivity contribution in [3.63, 3.8) is 0 Å². The van der Waals surface area contributed by atoms with E-state index >= 15 is 0 Å². The van der Waals surface area contributed by atoms with Crippen molar-refractivity contribution >= 4 is 34.9 Å². The minimum Gasteiger partial charge on any atom is -0.466 e. The van der Waals surface area contributed by atoms with Crippen LogP contribution in [0.3, 0.4) is 0 Å². The molecule has 0 saturated heterocycles. The lowest BCUT2D eigenvalue weighted by atomic mass is 9.94. The summed E-state index contributed by atoms with van der Waals surface area (Å²) in [5.41, 5.74) is 3.65. The van der Waals surface area contributed by atoms with Crippen molar-refractivity contribution in [2.24, 2.45) is 0 Å². The van der Waals surface area contributed by atoms with Crippen LogP contribution in [0.25, 0.3) is 0 Å². The van der Waals surface area contributed by atoms with E-state index in [1.165, 1.54) is 7.11 Å². The lowest BCUT2D eigenvalue weighted by Gasteiger charge is -2.35. The lowest BCUT2D eigenvalue weighted by Crippen LogP contribution is -2.46. The Kier molecular flexibility index (Phi) is 7.07. The summed E-state index contributed by atoms with van der Waals surface area (Å²) in [5, 5.41) is 6.74. The zero-order valence-electron chi connectivity index (χ0n) is 18.1. The molecule has 2 atom stereocenters. The number of hydrogen-bond donors (Lipinski definition) is 2. The predicted molar refractivity (Wildman–Crippen MR) is 125 cm³/mol. The van der Waals surface area contributed by atoms with Crippen molar-refractivity contribution in [2.75, 3.05) is 19.5 Å². The van der Waals surface area contributed by atoms with Gasteiger partial charge in [0.25, 0.3) is 0 Å². The largest absolute Gasteiger partial charge is 0.466 e. The highest BCUT2D eigenvalue weighted by Crippen LogP contribution is 2.32. The topological polar surface area (TPSA) is 70.7 Å². The van der Waals surface area contributed by atoms with Crippen molar-refractivity contribution in [3.05, 3.63) is 77.0 Å². The highest BCUT2D eigenvalue weighted by Gasteiger charge is 2.33. The van der Waals surface area contributed by atoms with Crippen LogP contribution in [-0.2, 0) is 14.3 Å². The summed E-state index contributed by atoms with van der Waals surface area (Å²) in [6.45, 7) is 3.83. The minimum absolute atomic E-state index is 0.0716. The number of allylic oxidation sites excluding steroid dienone is 1. The Bertz CT molecular complexity index is 1020. The number of rotatable bonds is 6. The number of anilines is 1. The third kappa shape index (κ3) is 4.77. The maximum Gasteiger partial charge on any atom is 0.337 e. The van der Waals surface area contributed by atoms with Crippen LogP contribution in [0.5, 0.6) is 0 Å². The van der Waals surface area contributed by atoms with E-state index in [2.05, 4.69) is 10.6 Å². The molecule has 6 nitrogen and oxygen atoms in total. The van der Waals surface area contributed by atoms with Gasteiger partial charge in [0.1, 0.15) is 0 Å². The summed E-state index contributed by atoms with van der Waals surface area (Å²) in [5.74, 6) is -0.738. The Morgan fingerprint density at radius 1 is 1.19 bits per heavy atom. The Labute approximate surface area is 188 Å². The molecule has 162 valence electrons. The minimum atomic E-state index is -0.468. The van der Waals surface area contributed by atoms with E-state index in [0.717, 1.165) is 16.8 Å². The first-order valence-electron chi connectivity index (χ1n) is 10.2. The van der Waals surface area contributed by atoms with Gasteiger partial charge in [0.05, 0.1) is 24.6 Å². The molecule has 0 aliphatic carbocycles. The first-order chi connectivity index (χ1) is 14.9. The molecular formula is C24H27N3O3S. The van der Waals surface area contributed by atoms with Gasteiger partial charge in [-0.15, -0.1) is 0 Å². The molecule has 1 aliphatic rings. The molecule has 7 heteroatoms. The molecule has 0 spiro atoms. The van der Waals surface area contributed by atoms with Gasteiger partial charge >= 0.3 is 5.97 Å². The van der Waals surface area contributed by atoms with Gasteiger partial charge in [-0.3, -0.25) is 4.79 Å². The van der Waals surface area contributed by atoms with Gasteiger partial charge in [-0.05, 0) is 48.8 Å². The molecule has 2 N–H and O–H groups in total. The molecule has 2 aromatic carbocycles. The summed E-state index contributed by atoms with van der Waals surface area (Å²) >= 11 is 5.42. The maximum absolute atomic E-state index is 13.0. The Morgan fingerprint density at radius 2 is 1.90 bits per heavy atom. The SMILES string of the molecule is CCC(C(=O)Nc1cccc(C2NC(=S)N(C)C(C)=C2C(=O)OC)c1)c1ccccc1. The zero-order valence-corrected chi connectivity index (χ0v) is 19.0. The van der Waals surface area contributed by atoms with Gasteiger partial charge in [-0.25, -0.2) is 4.79 Å². The average molecular weight is 438 g/mol. The van der Waals surface area contributed by atoms with Gasteiger partial charge < -0.3 is 20.3 Å². The molecule has 0 bridgehead atoms. The first kappa shape index (κ1) is 22.5. The molecule has 2 aromatic rings. The highest BCUT2D eigenvalue weighted by atomic mass is 32.1. The van der Waals surface area contributed by atoms with Crippen molar-refractivity contribution < 1.29 is 14.3 Å². The highest BCUT2D eigenvalue weighted by molar-refractivity contribution is 7.80. The van der Waals surface area contributed by atoms with E-state index in [0.29, 0.717) is 22.8 Å². The van der Waals surface area contributed by atoms with Crippen LogP contribution in [0.2, 0.25) is 0 Å². The van der Waals surface area contributed by atoms with Crippen LogP contribution in [0.4, 0.5) is 5.69 Å². The van der Waals surface area contributed by atoms with Crippen LogP contribution in [-0.4, -0.2) is 36.0 Å². The number of ether oxygens (including phenoxy) is 1. The van der Waals surface area contributed by atoms with E-state index in [1.54, 1.807) is 11.9 Å². The fraction of sp³-hybridized carbons (Fsp3) is 0.292. The third-order valence-electron chi connectivity index (χ3n) is 5.57. The van der Waals surface area contributed by atoms with Crippen molar-refractivity contribution in [1.82, 2.24) is 10.2 Å². The third-order valence-corrected chi connectivity index (χ3v) is 5.97. The number of hydrogen-bond acceptors (Lipinski definition) is 4. The molecule has 1 aliphatic heterocycles. The molecule has 1 heterocycles. The van der Waals surface area contributed by atoms with E-state index in [-0.39, 0.29) is 11.8 Å². The van der Waals surface area contributed by atoms with Crippen molar-refractivity contribution in [3.8, 4) is 0 Å². The quantitative estimate of drug-likeness (QED) is 0.523. The maximum atomic E-state index is 13.0. The number of esters is 1. The Morgan fingerprint density at radius 3 is 2.55 bits per heavy atom. The number of benzene rings is 2. The fourth-order valence-electron chi connectivity index (χ4n) is 3.74. The smallest absolute Gasteiger partial charge is 0.337 e. The molecule has 2 unspecified atom stereocenters. The van der Waals surface area contributed by atoms with E-state index in [9.17, 15) is 9.59 Å². The lowest BCUT2D eigenvalue weighted by molar-refractivity contribution is -0.136. The summed E-state index contributed by atoms with van der Waals surface area (Å²) in [7, 11) is 3.16. The summed E-state index contributed by atoms with van der Waals surface area (Å²) < 4.78 is 5.01. The monoisotopic (exact) mass is 437 g/mol. The predicted octanol–water partition coefficient (Wildman–Crippen LogP) is 4.13. The summed E-state index contributed by atoms with van der Waals surface area (Å²) in [4.78, 5) is 27.2. The Hall–Kier alpha value is -3.19. The fourth-order valence-corrected chi connectivity index (χ4v) is 4.00. The van der Waals surface area contributed by atoms with Gasteiger partial charge in [0, 0.05) is 18.4 Å². The number of carbonyl (C=O) groups excluding carboxylic acids is 2. The van der Waals surface area contributed by atoms with Crippen LogP contribution in [0, 0.1) is 0 Å². The second kappa shape index (κ2) is 9.75. The van der Waals surface area contributed by atoms with Crippen LogP contribution >= 0.6 is 12.2 Å². The second-order valence-electron chi connectivity index (χ2n) is 7.42. The molecule has 31 heavy (non-hydrogen) atoms. The summed E-state index contributed by atoms with van der Waals surface area (Å²) in [6.07, 6.45) is 0.689. The molecule has 1 amide bonds. The molecular weight excluding hydrogens is 410 g/mol. The number of thiocarbonyl (C=S) groups is 1. The first-order valence-corrected chi connectivity index (χ1v) is 10.6. The zero-order chi connectivity index (χ0) is 22.5. The number of nitrogens with zero attached hydrogens (tertiary/aromatic N) is 1. The van der Waals surface area contributed by atoms with Gasteiger partial charge in [0.2, 0.25) is 5.91 Å². The molecule has 0 aromatic heterocycles. The van der Waals surface area contributed by atoms with Gasteiger partial charge in [0.15, 0.2) is 5.11 Å². The van der Waals surface area contributed by atoms with Gasteiger partial charge in [-0.1, -0.05) is 49.4 Å². The number of amides is 1. The summed E-state index contributed by atoms with van der Waals surface area (Å²) in [6, 6.07) is 16.7. The van der Waals surface area contributed by atoms with Gasteiger partial charge in [-0.2, -0.15) is 0 Å². The molecule has 0 radical (unpaired) electrons. The average Bonchev–Trinajstić information content (AvgIpc) is 2.78. The van der Waals surface area contributed by atoms with Crippen molar-refractivity contribution in [1.29, 1.82) is 0 Å². The van der Waals surface area contributed by atoms with E-state index < -0.39 is 12.0 Å². The number of nitrogens with one attached hydrogen (secondary N) is 2. The molecule has 0 saturated carbocycles. The van der Waals surface area contributed by atoms with Crippen LogP contribution < -0.4 is 10.6 Å². The normalized spacial score (nSPS) is 17.1. The number of carbonyl (C=O) groups is 2. The standard InChI is InChI=1S/C24H27N3O3S/c1-5-19(16-10-7-6-8-11-16)22(28)25-18-13-9-12-17(14-18)21-20(23(29)30-4)15(2)27(3)24(31)26-21/h6-14,19,21H,5H2,1-4H3,(H,25,28)(H,26,31). The van der Waals surface area contributed by atoms with Crippen LogP contribution in [0.15, 0.2) is 65.9 Å². The van der Waals surface area contributed by atoms with E-state index in [1.807, 2.05) is 68.4 Å². The van der Waals surface area contributed by atoms with E-state index in [4.69, 9.17) is 17.0 Å². The molecule has 3 rings (SSSR count).